The molecule has 0 radical (unpaired) electrons. The summed E-state index contributed by atoms with van der Waals surface area (Å²) in [6.45, 7) is -0.456. The van der Waals surface area contributed by atoms with Crippen molar-refractivity contribution in [3.05, 3.63) is 68.7 Å². The molecule has 0 bridgehead atoms. The molecule has 0 aliphatic heterocycles. The molecule has 7 nitrogen and oxygen atoms in total. The van der Waals surface area contributed by atoms with Crippen LogP contribution in [0.1, 0.15) is 31.1 Å². The van der Waals surface area contributed by atoms with E-state index in [1.54, 1.807) is 41.0 Å². The number of amides is 1. The van der Waals surface area contributed by atoms with Gasteiger partial charge < -0.3 is 10.1 Å². The van der Waals surface area contributed by atoms with E-state index < -0.39 is 18.5 Å². The molecule has 1 amide bonds. The normalized spacial score (nSPS) is 13.2. The maximum atomic E-state index is 12.8. The number of para-hydroxylation sites is 1. The zero-order valence-electron chi connectivity index (χ0n) is 16.4. The largest absolute Gasteiger partial charge is 0.456 e. The minimum absolute atomic E-state index is 0.00268. The van der Waals surface area contributed by atoms with Crippen molar-refractivity contribution in [2.24, 2.45) is 0 Å². The Morgan fingerprint density at radius 1 is 1.13 bits per heavy atom. The molecule has 1 aromatic heterocycles. The summed E-state index contributed by atoms with van der Waals surface area (Å²) in [7, 11) is 0. The first kappa shape index (κ1) is 21.3. The van der Waals surface area contributed by atoms with Crippen LogP contribution < -0.4 is 10.9 Å². The summed E-state index contributed by atoms with van der Waals surface area (Å²) in [5.74, 6) is -0.536. The van der Waals surface area contributed by atoms with E-state index in [1.807, 2.05) is 6.07 Å². The standard InChI is InChI=1S/C22H19Cl2N3O4/c23-15-5-3-7-17(21(15)24)26-19(28)12-31-20(29)11-10-18-25-16-6-2-1-4-14(16)22(30)27(18)13-8-9-13/h1-7,13H,8-12H2,(H,26,28). The van der Waals surface area contributed by atoms with E-state index in [0.717, 1.165) is 12.8 Å². The Balaban J connectivity index is 1.37. The van der Waals surface area contributed by atoms with Crippen molar-refractivity contribution in [3.8, 4) is 0 Å². The van der Waals surface area contributed by atoms with Gasteiger partial charge in [0, 0.05) is 12.5 Å². The first-order valence-electron chi connectivity index (χ1n) is 9.83. The van der Waals surface area contributed by atoms with E-state index in [-0.39, 0.29) is 29.5 Å². The van der Waals surface area contributed by atoms with Gasteiger partial charge in [0.2, 0.25) is 0 Å². The van der Waals surface area contributed by atoms with Gasteiger partial charge in [-0.2, -0.15) is 0 Å². The molecular formula is C22H19Cl2N3O4. The van der Waals surface area contributed by atoms with E-state index in [1.165, 1.54) is 0 Å². The van der Waals surface area contributed by atoms with Crippen LogP contribution in [0.3, 0.4) is 0 Å². The molecule has 4 rings (SSSR count). The van der Waals surface area contributed by atoms with Gasteiger partial charge in [-0.05, 0) is 37.1 Å². The van der Waals surface area contributed by atoms with Crippen molar-refractivity contribution in [3.63, 3.8) is 0 Å². The van der Waals surface area contributed by atoms with Crippen LogP contribution >= 0.6 is 23.2 Å². The zero-order valence-corrected chi connectivity index (χ0v) is 17.9. The first-order chi connectivity index (χ1) is 14.9. The average Bonchev–Trinajstić information content (AvgIpc) is 3.59. The molecule has 3 aromatic rings. The molecule has 31 heavy (non-hydrogen) atoms. The molecule has 9 heteroatoms. The monoisotopic (exact) mass is 459 g/mol. The number of halogens is 2. The first-order valence-corrected chi connectivity index (χ1v) is 10.6. The summed E-state index contributed by atoms with van der Waals surface area (Å²) in [5, 5.41) is 3.64. The lowest BCUT2D eigenvalue weighted by atomic mass is 10.2. The number of carbonyl (C=O) groups is 2. The second-order valence-electron chi connectivity index (χ2n) is 7.26. The second-order valence-corrected chi connectivity index (χ2v) is 8.05. The lowest BCUT2D eigenvalue weighted by molar-refractivity contribution is -0.147. The lowest BCUT2D eigenvalue weighted by Gasteiger charge is -2.13. The van der Waals surface area contributed by atoms with Gasteiger partial charge in [-0.25, -0.2) is 4.98 Å². The number of rotatable bonds is 7. The van der Waals surface area contributed by atoms with Gasteiger partial charge in [0.1, 0.15) is 5.82 Å². The van der Waals surface area contributed by atoms with Crippen LogP contribution in [0.5, 0.6) is 0 Å². The van der Waals surface area contributed by atoms with Gasteiger partial charge in [0.25, 0.3) is 11.5 Å². The van der Waals surface area contributed by atoms with Gasteiger partial charge in [-0.1, -0.05) is 41.4 Å². The van der Waals surface area contributed by atoms with E-state index in [9.17, 15) is 14.4 Å². The highest BCUT2D eigenvalue weighted by Gasteiger charge is 2.28. The van der Waals surface area contributed by atoms with Crippen LogP contribution in [0.25, 0.3) is 10.9 Å². The number of fused-ring (bicyclic) bond motifs is 1. The smallest absolute Gasteiger partial charge is 0.306 e. The summed E-state index contributed by atoms with van der Waals surface area (Å²) in [5.41, 5.74) is 0.851. The van der Waals surface area contributed by atoms with Crippen molar-refractivity contribution in [1.82, 2.24) is 9.55 Å². The maximum absolute atomic E-state index is 12.8. The fraction of sp³-hybridized carbons (Fsp3) is 0.273. The van der Waals surface area contributed by atoms with Gasteiger partial charge >= 0.3 is 5.97 Å². The zero-order chi connectivity index (χ0) is 22.0. The molecule has 1 fully saturated rings. The topological polar surface area (TPSA) is 90.3 Å². The Morgan fingerprint density at radius 3 is 2.68 bits per heavy atom. The molecule has 160 valence electrons. The van der Waals surface area contributed by atoms with E-state index in [2.05, 4.69) is 10.3 Å². The van der Waals surface area contributed by atoms with E-state index in [0.29, 0.717) is 27.4 Å². The third-order valence-corrected chi connectivity index (χ3v) is 5.75. The van der Waals surface area contributed by atoms with Crippen LogP contribution in [0, 0.1) is 0 Å². The highest BCUT2D eigenvalue weighted by molar-refractivity contribution is 6.44. The highest BCUT2D eigenvalue weighted by Crippen LogP contribution is 2.35. The molecule has 1 saturated carbocycles. The summed E-state index contributed by atoms with van der Waals surface area (Å²) in [6, 6.07) is 12.1. The van der Waals surface area contributed by atoms with Gasteiger partial charge in [0.05, 0.1) is 33.1 Å². The molecule has 0 atom stereocenters. The predicted molar refractivity (Wildman–Crippen MR) is 119 cm³/mol. The Bertz CT molecular complexity index is 1220. The molecule has 1 N–H and O–H groups in total. The van der Waals surface area contributed by atoms with Crippen LogP contribution in [-0.4, -0.2) is 28.0 Å². The lowest BCUT2D eigenvalue weighted by Crippen LogP contribution is -2.26. The number of hydrogen-bond donors (Lipinski definition) is 1. The Labute approximate surface area is 187 Å². The summed E-state index contributed by atoms with van der Waals surface area (Å²) in [4.78, 5) is 41.7. The second kappa shape index (κ2) is 9.08. The summed E-state index contributed by atoms with van der Waals surface area (Å²) in [6.07, 6.45) is 2.09. The van der Waals surface area contributed by atoms with Crippen LogP contribution in [0.4, 0.5) is 5.69 Å². The fourth-order valence-corrected chi connectivity index (χ4v) is 3.64. The number of anilines is 1. The van der Waals surface area contributed by atoms with Crippen molar-refractivity contribution >= 4 is 51.7 Å². The van der Waals surface area contributed by atoms with Crippen molar-refractivity contribution in [2.45, 2.75) is 31.7 Å². The van der Waals surface area contributed by atoms with Gasteiger partial charge in [-0.3, -0.25) is 19.0 Å². The molecule has 1 heterocycles. The number of nitrogens with zero attached hydrogens (tertiary/aromatic N) is 2. The predicted octanol–water partition coefficient (Wildman–Crippen LogP) is 4.15. The number of ether oxygens (including phenoxy) is 1. The van der Waals surface area contributed by atoms with Crippen LogP contribution in [-0.2, 0) is 20.7 Å². The quantitative estimate of drug-likeness (QED) is 0.535. The molecule has 1 aliphatic carbocycles. The number of carbonyl (C=O) groups excluding carboxylic acids is 2. The van der Waals surface area contributed by atoms with Gasteiger partial charge in [-0.15, -0.1) is 0 Å². The van der Waals surface area contributed by atoms with Crippen LogP contribution in [0.15, 0.2) is 47.3 Å². The Hall–Kier alpha value is -2.90. The number of benzene rings is 2. The summed E-state index contributed by atoms with van der Waals surface area (Å²) < 4.78 is 6.74. The average molecular weight is 460 g/mol. The SMILES string of the molecule is O=C(COC(=O)CCc1nc2ccccc2c(=O)n1C1CC1)Nc1cccc(Cl)c1Cl. The summed E-state index contributed by atoms with van der Waals surface area (Å²) >= 11 is 11.9. The fourth-order valence-electron chi connectivity index (χ4n) is 3.30. The Kier molecular flexibility index (Phi) is 6.25. The highest BCUT2D eigenvalue weighted by atomic mass is 35.5. The number of nitrogens with one attached hydrogen (secondary N) is 1. The van der Waals surface area contributed by atoms with Crippen molar-refractivity contribution in [2.75, 3.05) is 11.9 Å². The number of hydrogen-bond acceptors (Lipinski definition) is 5. The van der Waals surface area contributed by atoms with E-state index >= 15 is 0 Å². The van der Waals surface area contributed by atoms with Crippen molar-refractivity contribution in [1.29, 1.82) is 0 Å². The number of aromatic nitrogens is 2. The maximum Gasteiger partial charge on any atom is 0.306 e. The van der Waals surface area contributed by atoms with Gasteiger partial charge in [0.15, 0.2) is 6.61 Å². The number of esters is 1. The number of aryl methyl sites for hydroxylation is 1. The third-order valence-electron chi connectivity index (χ3n) is 4.94. The molecule has 2 aromatic carbocycles. The minimum Gasteiger partial charge on any atom is -0.456 e. The molecular weight excluding hydrogens is 441 g/mol. The third kappa shape index (κ3) is 4.89. The molecule has 0 spiro atoms. The molecule has 0 unspecified atom stereocenters. The van der Waals surface area contributed by atoms with E-state index in [4.69, 9.17) is 27.9 Å². The minimum atomic E-state index is -0.558. The molecule has 0 saturated heterocycles. The van der Waals surface area contributed by atoms with Crippen molar-refractivity contribution < 1.29 is 14.3 Å². The Morgan fingerprint density at radius 2 is 1.90 bits per heavy atom. The van der Waals surface area contributed by atoms with Crippen LogP contribution in [0.2, 0.25) is 10.0 Å². The molecule has 1 aliphatic rings.